The molecular formula is C31H23FN6O. The van der Waals surface area contributed by atoms with Crippen molar-refractivity contribution >= 4 is 22.6 Å². The summed E-state index contributed by atoms with van der Waals surface area (Å²) in [6.07, 6.45) is 11.0. The van der Waals surface area contributed by atoms with Crippen LogP contribution in [0.5, 0.6) is 0 Å². The fraction of sp³-hybridized carbons (Fsp3) is 0.129. The van der Waals surface area contributed by atoms with Gasteiger partial charge >= 0.3 is 0 Å². The number of nitrogens with zero attached hydrogens (tertiary/aromatic N) is 5. The molecule has 0 atom stereocenters. The molecule has 1 fully saturated rings. The topological polar surface area (TPSA) is 85.1 Å². The Hall–Kier alpha value is -4.98. The van der Waals surface area contributed by atoms with E-state index in [0.717, 1.165) is 35.0 Å². The van der Waals surface area contributed by atoms with E-state index in [1.807, 2.05) is 28.9 Å². The van der Waals surface area contributed by atoms with E-state index >= 15 is 4.39 Å². The molecule has 0 radical (unpaired) electrons. The van der Waals surface area contributed by atoms with Gasteiger partial charge in [-0.15, -0.1) is 0 Å². The molecule has 8 heteroatoms. The minimum Gasteiger partial charge on any atom is -0.346 e. The van der Waals surface area contributed by atoms with Crippen molar-refractivity contribution in [1.82, 2.24) is 29.7 Å². The molecule has 2 aromatic carbocycles. The second-order valence-electron chi connectivity index (χ2n) is 9.85. The van der Waals surface area contributed by atoms with Gasteiger partial charge in [-0.2, -0.15) is 0 Å². The van der Waals surface area contributed by atoms with Crippen LogP contribution in [0.25, 0.3) is 27.8 Å². The first-order valence-corrected chi connectivity index (χ1v) is 12.8. The largest absolute Gasteiger partial charge is 0.346 e. The smallest absolute Gasteiger partial charge is 0.254 e. The maximum absolute atomic E-state index is 15.1. The van der Waals surface area contributed by atoms with Crippen LogP contribution in [0.15, 0.2) is 97.7 Å². The van der Waals surface area contributed by atoms with Crippen LogP contribution in [0.1, 0.15) is 40.2 Å². The maximum atomic E-state index is 15.1. The number of benzene rings is 2. The number of nitrogens with one attached hydrogen (secondary N) is 1. The summed E-state index contributed by atoms with van der Waals surface area (Å²) in [7, 11) is 0. The van der Waals surface area contributed by atoms with Crippen molar-refractivity contribution < 1.29 is 9.18 Å². The molecule has 1 N–H and O–H groups in total. The van der Waals surface area contributed by atoms with Gasteiger partial charge in [0.15, 0.2) is 0 Å². The standard InChI is InChI=1S/C31H23FN6O/c32-26-15-20(6-8-25(26)29(39)35-17-24-5-1-2-12-33-24)22-16-36-30-37-18-28(38(30)19-22)31(10-11-31)23-7-9-27-21(14-23)4-3-13-34-27/h1-9,12-16,18-19H,10-11,17H2,(H,35,39). The zero-order chi connectivity index (χ0) is 26.4. The van der Waals surface area contributed by atoms with E-state index in [0.29, 0.717) is 17.0 Å². The first-order chi connectivity index (χ1) is 19.1. The number of pyridine rings is 2. The van der Waals surface area contributed by atoms with Crippen molar-refractivity contribution in [2.24, 2.45) is 0 Å². The Kier molecular flexibility index (Phi) is 5.40. The molecule has 4 heterocycles. The molecule has 1 aliphatic rings. The van der Waals surface area contributed by atoms with E-state index < -0.39 is 11.7 Å². The molecule has 0 bridgehead atoms. The predicted octanol–water partition coefficient (Wildman–Crippen LogP) is 5.49. The second-order valence-corrected chi connectivity index (χ2v) is 9.85. The van der Waals surface area contributed by atoms with E-state index in [1.54, 1.807) is 36.8 Å². The van der Waals surface area contributed by atoms with Crippen LogP contribution in [-0.2, 0) is 12.0 Å². The quantitative estimate of drug-likeness (QED) is 0.318. The molecule has 39 heavy (non-hydrogen) atoms. The average molecular weight is 515 g/mol. The van der Waals surface area contributed by atoms with Crippen LogP contribution in [0.4, 0.5) is 4.39 Å². The Labute approximate surface area is 223 Å². The summed E-state index contributed by atoms with van der Waals surface area (Å²) in [6.45, 7) is 0.223. The van der Waals surface area contributed by atoms with E-state index in [4.69, 9.17) is 0 Å². The molecule has 6 aromatic rings. The summed E-state index contributed by atoms with van der Waals surface area (Å²) in [4.78, 5) is 30.3. The lowest BCUT2D eigenvalue weighted by atomic mass is 9.91. The van der Waals surface area contributed by atoms with Crippen LogP contribution in [0, 0.1) is 5.82 Å². The number of carbonyl (C=O) groups excluding carboxylic acids is 1. The second kappa shape index (κ2) is 9.09. The molecule has 0 spiro atoms. The lowest BCUT2D eigenvalue weighted by molar-refractivity contribution is 0.0946. The number of hydrogen-bond donors (Lipinski definition) is 1. The molecule has 1 aliphatic carbocycles. The number of carbonyl (C=O) groups is 1. The van der Waals surface area contributed by atoms with Crippen LogP contribution in [0.3, 0.4) is 0 Å². The number of amides is 1. The van der Waals surface area contributed by atoms with Crippen LogP contribution in [0.2, 0.25) is 0 Å². The molecule has 4 aromatic heterocycles. The Balaban J connectivity index is 1.19. The Morgan fingerprint density at radius 1 is 0.897 bits per heavy atom. The van der Waals surface area contributed by atoms with Gasteiger partial charge in [0, 0.05) is 41.2 Å². The van der Waals surface area contributed by atoms with Crippen molar-refractivity contribution in [1.29, 1.82) is 0 Å². The maximum Gasteiger partial charge on any atom is 0.254 e. The SMILES string of the molecule is O=C(NCc1ccccn1)c1ccc(-c2cnc3ncc(C4(c5ccc6ncccc6c5)CC4)n3c2)cc1F. The first-order valence-electron chi connectivity index (χ1n) is 12.8. The summed E-state index contributed by atoms with van der Waals surface area (Å²) < 4.78 is 17.1. The van der Waals surface area contributed by atoms with Crippen molar-refractivity contribution in [3.63, 3.8) is 0 Å². The average Bonchev–Trinajstić information content (AvgIpc) is 3.68. The van der Waals surface area contributed by atoms with E-state index in [1.165, 1.54) is 17.7 Å². The molecule has 0 saturated heterocycles. The van der Waals surface area contributed by atoms with Gasteiger partial charge in [0.2, 0.25) is 5.78 Å². The molecular weight excluding hydrogens is 491 g/mol. The summed E-state index contributed by atoms with van der Waals surface area (Å²) >= 11 is 0. The van der Waals surface area contributed by atoms with Crippen molar-refractivity contribution in [2.75, 3.05) is 0 Å². The molecule has 7 nitrogen and oxygen atoms in total. The number of fused-ring (bicyclic) bond motifs is 2. The number of rotatable bonds is 6. The van der Waals surface area contributed by atoms with Gasteiger partial charge in [-0.05, 0) is 66.4 Å². The summed E-state index contributed by atoms with van der Waals surface area (Å²) in [5, 5.41) is 3.83. The normalized spacial score (nSPS) is 14.0. The predicted molar refractivity (Wildman–Crippen MR) is 146 cm³/mol. The highest BCUT2D eigenvalue weighted by atomic mass is 19.1. The third-order valence-electron chi connectivity index (χ3n) is 7.46. The minimum absolute atomic E-state index is 0.0187. The minimum atomic E-state index is -0.597. The molecule has 190 valence electrons. The van der Waals surface area contributed by atoms with Gasteiger partial charge in [0.1, 0.15) is 5.82 Å². The molecule has 0 aliphatic heterocycles. The third-order valence-corrected chi connectivity index (χ3v) is 7.46. The summed E-state index contributed by atoms with van der Waals surface area (Å²) in [5.41, 5.74) is 5.15. The highest BCUT2D eigenvalue weighted by Gasteiger charge is 2.48. The van der Waals surface area contributed by atoms with E-state index in [2.05, 4.69) is 49.5 Å². The first kappa shape index (κ1) is 23.2. The Morgan fingerprint density at radius 2 is 1.77 bits per heavy atom. The van der Waals surface area contributed by atoms with Gasteiger partial charge in [-0.1, -0.05) is 24.3 Å². The highest BCUT2D eigenvalue weighted by molar-refractivity contribution is 5.95. The van der Waals surface area contributed by atoms with Gasteiger partial charge in [0.25, 0.3) is 5.91 Å². The van der Waals surface area contributed by atoms with Crippen LogP contribution < -0.4 is 5.32 Å². The summed E-state index contributed by atoms with van der Waals surface area (Å²) in [6, 6.07) is 20.5. The molecule has 1 amide bonds. The summed E-state index contributed by atoms with van der Waals surface area (Å²) in [5.74, 6) is -0.495. The van der Waals surface area contributed by atoms with Gasteiger partial charge < -0.3 is 5.32 Å². The van der Waals surface area contributed by atoms with Crippen LogP contribution >= 0.6 is 0 Å². The molecule has 0 unspecified atom stereocenters. The fourth-order valence-electron chi connectivity index (χ4n) is 5.22. The number of aromatic nitrogens is 5. The van der Waals surface area contributed by atoms with Gasteiger partial charge in [-0.25, -0.2) is 14.4 Å². The van der Waals surface area contributed by atoms with Gasteiger partial charge in [0.05, 0.1) is 35.2 Å². The fourth-order valence-corrected chi connectivity index (χ4v) is 5.22. The Morgan fingerprint density at radius 3 is 2.59 bits per heavy atom. The van der Waals surface area contributed by atoms with Gasteiger partial charge in [-0.3, -0.25) is 19.2 Å². The number of halogens is 1. The Bertz CT molecular complexity index is 1860. The lowest BCUT2D eigenvalue weighted by Gasteiger charge is -2.17. The number of imidazole rings is 1. The van der Waals surface area contributed by atoms with E-state index in [-0.39, 0.29) is 17.5 Å². The third kappa shape index (κ3) is 4.10. The molecule has 7 rings (SSSR count). The van der Waals surface area contributed by atoms with Crippen LogP contribution in [-0.4, -0.2) is 30.2 Å². The lowest BCUT2D eigenvalue weighted by Crippen LogP contribution is -2.24. The van der Waals surface area contributed by atoms with Crippen molar-refractivity contribution in [2.45, 2.75) is 24.8 Å². The number of hydrogen-bond acceptors (Lipinski definition) is 5. The highest BCUT2D eigenvalue weighted by Crippen LogP contribution is 2.53. The van der Waals surface area contributed by atoms with Crippen molar-refractivity contribution in [3.8, 4) is 11.1 Å². The monoisotopic (exact) mass is 514 g/mol. The zero-order valence-corrected chi connectivity index (χ0v) is 20.9. The van der Waals surface area contributed by atoms with Crippen molar-refractivity contribution in [3.05, 3.63) is 126 Å². The van der Waals surface area contributed by atoms with E-state index in [9.17, 15) is 4.79 Å². The zero-order valence-electron chi connectivity index (χ0n) is 20.9. The molecule has 1 saturated carbocycles.